The molecule has 0 aliphatic carbocycles. The highest BCUT2D eigenvalue weighted by Crippen LogP contribution is 2.17. The summed E-state index contributed by atoms with van der Waals surface area (Å²) in [6.45, 7) is 0.569. The first-order valence-electron chi connectivity index (χ1n) is 9.21. The lowest BCUT2D eigenvalue weighted by atomic mass is 10.1. The van der Waals surface area contributed by atoms with Gasteiger partial charge in [0.05, 0.1) is 11.2 Å². The van der Waals surface area contributed by atoms with Gasteiger partial charge < -0.3 is 9.30 Å². The Morgan fingerprint density at radius 2 is 1.71 bits per heavy atom. The number of nitrogens with zero attached hydrogens (tertiary/aromatic N) is 3. The van der Waals surface area contributed by atoms with Crippen LogP contribution in [0, 0.1) is 0 Å². The fraction of sp³-hybridized carbons (Fsp3) is 0.227. The van der Waals surface area contributed by atoms with Crippen LogP contribution in [-0.4, -0.2) is 27.8 Å². The molecule has 0 N–H and O–H groups in total. The molecule has 0 aliphatic heterocycles. The van der Waals surface area contributed by atoms with Crippen LogP contribution in [-0.2, 0) is 18.2 Å². The fourth-order valence-electron chi connectivity index (χ4n) is 3.59. The molecule has 0 radical (unpaired) electrons. The summed E-state index contributed by atoms with van der Waals surface area (Å²) in [5, 5.41) is 0.628. The van der Waals surface area contributed by atoms with Gasteiger partial charge in [0.1, 0.15) is 11.2 Å². The molecule has 0 amide bonds. The lowest BCUT2D eigenvalue weighted by molar-refractivity contribution is 0.194. The molecule has 142 valence electrons. The van der Waals surface area contributed by atoms with E-state index in [1.807, 2.05) is 54.1 Å². The Bertz CT molecular complexity index is 1270. The Balaban J connectivity index is 2.11. The molecule has 0 atom stereocenters. The smallest absolute Gasteiger partial charge is 0.271 e. The second kappa shape index (κ2) is 7.40. The van der Waals surface area contributed by atoms with Gasteiger partial charge in [0, 0.05) is 32.6 Å². The van der Waals surface area contributed by atoms with Crippen molar-refractivity contribution in [2.75, 3.05) is 13.7 Å². The van der Waals surface area contributed by atoms with E-state index in [2.05, 4.69) is 0 Å². The van der Waals surface area contributed by atoms with E-state index >= 15 is 0 Å². The highest BCUT2D eigenvalue weighted by atomic mass is 16.5. The molecule has 2 aromatic heterocycles. The van der Waals surface area contributed by atoms with E-state index < -0.39 is 0 Å². The Hall–Kier alpha value is -3.25. The van der Waals surface area contributed by atoms with Gasteiger partial charge in [-0.15, -0.1) is 0 Å². The summed E-state index contributed by atoms with van der Waals surface area (Å²) in [5.41, 5.74) is 1.24. The predicted molar refractivity (Wildman–Crippen MR) is 110 cm³/mol. The minimum atomic E-state index is -0.338. The van der Waals surface area contributed by atoms with Gasteiger partial charge in [0.25, 0.3) is 5.56 Å². The summed E-state index contributed by atoms with van der Waals surface area (Å²) in [6.07, 6.45) is 1.29. The zero-order chi connectivity index (χ0) is 19.7. The molecule has 4 aromatic rings. The molecule has 2 heterocycles. The van der Waals surface area contributed by atoms with Crippen LogP contribution < -0.4 is 11.0 Å². The molecule has 0 saturated carbocycles. The third-order valence-electron chi connectivity index (χ3n) is 4.95. The van der Waals surface area contributed by atoms with Crippen LogP contribution in [0.15, 0.2) is 64.2 Å². The summed E-state index contributed by atoms with van der Waals surface area (Å²) in [6, 6.07) is 16.6. The maximum atomic E-state index is 13.5. The summed E-state index contributed by atoms with van der Waals surface area (Å²) in [5.74, 6) is 0.617. The van der Waals surface area contributed by atoms with Crippen molar-refractivity contribution in [3.05, 3.63) is 81.0 Å². The number of ether oxygens (including phenoxy) is 1. The van der Waals surface area contributed by atoms with Crippen LogP contribution in [0.3, 0.4) is 0 Å². The zero-order valence-electron chi connectivity index (χ0n) is 15.9. The molecule has 0 bridgehead atoms. The van der Waals surface area contributed by atoms with Gasteiger partial charge >= 0.3 is 0 Å². The van der Waals surface area contributed by atoms with Gasteiger partial charge in [0.2, 0.25) is 5.43 Å². The molecule has 0 aliphatic rings. The van der Waals surface area contributed by atoms with Crippen molar-refractivity contribution in [2.24, 2.45) is 7.05 Å². The molecular weight excluding hydrogens is 354 g/mol. The maximum absolute atomic E-state index is 13.5. The van der Waals surface area contributed by atoms with Crippen molar-refractivity contribution in [3.8, 4) is 5.69 Å². The van der Waals surface area contributed by atoms with Crippen molar-refractivity contribution in [3.63, 3.8) is 0 Å². The standard InChI is InChI=1S/C22H21N3O3/c1-24-17-12-7-6-11-16(17)20(26)19-21(24)23-18(13-8-14-28-2)25(22(19)27)15-9-4-3-5-10-15/h3-7,9-12H,8,13-14H2,1-2H3. The first-order valence-corrected chi connectivity index (χ1v) is 9.21. The van der Waals surface area contributed by atoms with Crippen molar-refractivity contribution < 1.29 is 4.74 Å². The first-order chi connectivity index (χ1) is 13.6. The number of aryl methyl sites for hydroxylation is 2. The van der Waals surface area contributed by atoms with Crippen molar-refractivity contribution in [1.29, 1.82) is 0 Å². The van der Waals surface area contributed by atoms with Crippen molar-refractivity contribution in [1.82, 2.24) is 14.1 Å². The number of methoxy groups -OCH3 is 1. The Labute approximate surface area is 161 Å². The number of para-hydroxylation sites is 2. The van der Waals surface area contributed by atoms with E-state index in [0.717, 1.165) is 11.9 Å². The lowest BCUT2D eigenvalue weighted by Crippen LogP contribution is -2.29. The number of rotatable bonds is 5. The second-order valence-electron chi connectivity index (χ2n) is 6.70. The summed E-state index contributed by atoms with van der Waals surface area (Å²) in [7, 11) is 3.48. The largest absolute Gasteiger partial charge is 0.385 e. The monoisotopic (exact) mass is 375 g/mol. The van der Waals surface area contributed by atoms with Gasteiger partial charge in [-0.2, -0.15) is 0 Å². The van der Waals surface area contributed by atoms with E-state index in [-0.39, 0.29) is 16.4 Å². The van der Waals surface area contributed by atoms with Gasteiger partial charge in [-0.1, -0.05) is 30.3 Å². The Morgan fingerprint density at radius 3 is 2.46 bits per heavy atom. The fourth-order valence-corrected chi connectivity index (χ4v) is 3.59. The van der Waals surface area contributed by atoms with Gasteiger partial charge in [-0.3, -0.25) is 14.2 Å². The van der Waals surface area contributed by atoms with Crippen LogP contribution in [0.25, 0.3) is 27.6 Å². The second-order valence-corrected chi connectivity index (χ2v) is 6.70. The molecule has 2 aromatic carbocycles. The van der Waals surface area contributed by atoms with E-state index in [4.69, 9.17) is 9.72 Å². The SMILES string of the molecule is COCCCc1nc2c(c(=O)c3ccccc3n2C)c(=O)n1-c1ccccc1. The van der Waals surface area contributed by atoms with Gasteiger partial charge in [-0.25, -0.2) is 4.98 Å². The van der Waals surface area contributed by atoms with E-state index in [9.17, 15) is 9.59 Å². The summed E-state index contributed by atoms with van der Waals surface area (Å²) < 4.78 is 8.53. The number of aromatic nitrogens is 3. The lowest BCUT2D eigenvalue weighted by Gasteiger charge is -2.16. The number of hydrogen-bond donors (Lipinski definition) is 0. The highest BCUT2D eigenvalue weighted by Gasteiger charge is 2.18. The van der Waals surface area contributed by atoms with Crippen molar-refractivity contribution in [2.45, 2.75) is 12.8 Å². The quantitative estimate of drug-likeness (QED) is 0.397. The van der Waals surface area contributed by atoms with E-state index in [1.54, 1.807) is 23.8 Å². The Morgan fingerprint density at radius 1 is 1.00 bits per heavy atom. The number of fused-ring (bicyclic) bond motifs is 2. The molecule has 0 unspecified atom stereocenters. The highest BCUT2D eigenvalue weighted by molar-refractivity contribution is 5.91. The van der Waals surface area contributed by atoms with Crippen LogP contribution in [0.1, 0.15) is 12.2 Å². The van der Waals surface area contributed by atoms with E-state index in [1.165, 1.54) is 0 Å². The molecule has 0 fully saturated rings. The van der Waals surface area contributed by atoms with Crippen LogP contribution in [0.2, 0.25) is 0 Å². The minimum absolute atomic E-state index is 0.112. The Kier molecular flexibility index (Phi) is 4.79. The third kappa shape index (κ3) is 2.92. The number of pyridine rings is 1. The minimum Gasteiger partial charge on any atom is -0.385 e. The molecular formula is C22H21N3O3. The van der Waals surface area contributed by atoms with Crippen molar-refractivity contribution >= 4 is 21.9 Å². The van der Waals surface area contributed by atoms with Crippen LogP contribution in [0.5, 0.6) is 0 Å². The average molecular weight is 375 g/mol. The molecule has 0 saturated heterocycles. The number of hydrogen-bond acceptors (Lipinski definition) is 4. The molecule has 6 nitrogen and oxygen atoms in total. The van der Waals surface area contributed by atoms with E-state index in [0.29, 0.717) is 35.6 Å². The predicted octanol–water partition coefficient (Wildman–Crippen LogP) is 2.82. The molecule has 28 heavy (non-hydrogen) atoms. The zero-order valence-corrected chi connectivity index (χ0v) is 15.9. The van der Waals surface area contributed by atoms with Crippen LogP contribution >= 0.6 is 0 Å². The normalized spacial score (nSPS) is 11.4. The maximum Gasteiger partial charge on any atom is 0.271 e. The van der Waals surface area contributed by atoms with Gasteiger partial charge in [0.15, 0.2) is 5.65 Å². The number of benzene rings is 2. The summed E-state index contributed by atoms with van der Waals surface area (Å²) >= 11 is 0. The summed E-state index contributed by atoms with van der Waals surface area (Å²) in [4.78, 5) is 31.4. The van der Waals surface area contributed by atoms with Crippen LogP contribution in [0.4, 0.5) is 0 Å². The topological polar surface area (TPSA) is 66.1 Å². The third-order valence-corrected chi connectivity index (χ3v) is 4.95. The first kappa shape index (κ1) is 18.1. The molecule has 4 rings (SSSR count). The molecule has 6 heteroatoms. The molecule has 0 spiro atoms. The van der Waals surface area contributed by atoms with Gasteiger partial charge in [-0.05, 0) is 30.7 Å². The average Bonchev–Trinajstić information content (AvgIpc) is 2.72.